The SMILES string of the molecule is CC(C)(C)OC(=O)N1CCN(c2ncnc(N)c2[N+](=O)[O-])CC1. The number of amides is 1. The van der Waals surface area contributed by atoms with Crippen molar-refractivity contribution in [3.05, 3.63) is 16.4 Å². The minimum Gasteiger partial charge on any atom is -0.444 e. The summed E-state index contributed by atoms with van der Waals surface area (Å²) >= 11 is 0. The van der Waals surface area contributed by atoms with Crippen molar-refractivity contribution in [2.45, 2.75) is 26.4 Å². The van der Waals surface area contributed by atoms with Gasteiger partial charge in [0.15, 0.2) is 0 Å². The molecule has 126 valence electrons. The van der Waals surface area contributed by atoms with Crippen molar-refractivity contribution in [3.63, 3.8) is 0 Å². The Morgan fingerprint density at radius 1 is 1.30 bits per heavy atom. The van der Waals surface area contributed by atoms with Crippen LogP contribution < -0.4 is 10.6 Å². The van der Waals surface area contributed by atoms with Crippen molar-refractivity contribution in [2.24, 2.45) is 0 Å². The molecule has 0 unspecified atom stereocenters. The van der Waals surface area contributed by atoms with E-state index in [4.69, 9.17) is 10.5 Å². The van der Waals surface area contributed by atoms with Crippen molar-refractivity contribution < 1.29 is 14.5 Å². The molecule has 23 heavy (non-hydrogen) atoms. The van der Waals surface area contributed by atoms with Gasteiger partial charge in [-0.05, 0) is 20.8 Å². The van der Waals surface area contributed by atoms with Crippen LogP contribution in [0.4, 0.5) is 22.1 Å². The van der Waals surface area contributed by atoms with Gasteiger partial charge in [-0.1, -0.05) is 0 Å². The van der Waals surface area contributed by atoms with Gasteiger partial charge in [-0.2, -0.15) is 0 Å². The first-order valence-corrected chi connectivity index (χ1v) is 7.17. The smallest absolute Gasteiger partial charge is 0.410 e. The molecule has 1 aliphatic heterocycles. The molecule has 1 aromatic rings. The standard InChI is InChI=1S/C13H20N6O4/c1-13(2,3)23-12(20)18-6-4-17(5-7-18)11-9(19(21)22)10(14)15-8-16-11/h8H,4-7H2,1-3H3,(H2,14,15,16). The quantitative estimate of drug-likeness (QED) is 0.631. The zero-order valence-electron chi connectivity index (χ0n) is 13.4. The van der Waals surface area contributed by atoms with E-state index in [9.17, 15) is 14.9 Å². The van der Waals surface area contributed by atoms with E-state index < -0.39 is 16.6 Å². The first-order chi connectivity index (χ1) is 10.7. The highest BCUT2D eigenvalue weighted by Crippen LogP contribution is 2.30. The van der Waals surface area contributed by atoms with Gasteiger partial charge in [0.2, 0.25) is 11.6 Å². The predicted octanol–water partition coefficient (Wildman–Crippen LogP) is 1.02. The molecule has 1 amide bonds. The van der Waals surface area contributed by atoms with Crippen LogP contribution in [0.2, 0.25) is 0 Å². The van der Waals surface area contributed by atoms with E-state index in [2.05, 4.69) is 9.97 Å². The Morgan fingerprint density at radius 3 is 2.43 bits per heavy atom. The fourth-order valence-corrected chi connectivity index (χ4v) is 2.22. The summed E-state index contributed by atoms with van der Waals surface area (Å²) < 4.78 is 5.31. The van der Waals surface area contributed by atoms with Crippen LogP contribution in [0.15, 0.2) is 6.33 Å². The van der Waals surface area contributed by atoms with Crippen LogP contribution in [0.3, 0.4) is 0 Å². The summed E-state index contributed by atoms with van der Waals surface area (Å²) in [5, 5.41) is 11.1. The van der Waals surface area contributed by atoms with Gasteiger partial charge in [-0.25, -0.2) is 14.8 Å². The Morgan fingerprint density at radius 2 is 1.91 bits per heavy atom. The van der Waals surface area contributed by atoms with Gasteiger partial charge in [0.25, 0.3) is 0 Å². The number of piperazine rings is 1. The van der Waals surface area contributed by atoms with Gasteiger partial charge < -0.3 is 20.3 Å². The Bertz CT molecular complexity index is 607. The summed E-state index contributed by atoms with van der Waals surface area (Å²) in [5.74, 6) is 0.000843. The highest BCUT2D eigenvalue weighted by molar-refractivity contribution is 5.70. The Hall–Kier alpha value is -2.65. The molecular weight excluding hydrogens is 304 g/mol. The van der Waals surface area contributed by atoms with E-state index >= 15 is 0 Å². The van der Waals surface area contributed by atoms with Crippen LogP contribution in [0, 0.1) is 10.1 Å². The maximum absolute atomic E-state index is 12.0. The topological polar surface area (TPSA) is 128 Å². The van der Waals surface area contributed by atoms with E-state index in [-0.39, 0.29) is 17.3 Å². The molecule has 10 heteroatoms. The summed E-state index contributed by atoms with van der Waals surface area (Å²) in [7, 11) is 0. The van der Waals surface area contributed by atoms with Crippen molar-refractivity contribution in [3.8, 4) is 0 Å². The zero-order valence-corrected chi connectivity index (χ0v) is 13.4. The molecule has 0 bridgehead atoms. The third-order valence-electron chi connectivity index (χ3n) is 3.24. The highest BCUT2D eigenvalue weighted by Gasteiger charge is 2.30. The molecule has 2 heterocycles. The minimum absolute atomic E-state index is 0.172. The molecule has 0 spiro atoms. The first-order valence-electron chi connectivity index (χ1n) is 7.17. The van der Waals surface area contributed by atoms with Gasteiger partial charge in [0, 0.05) is 26.2 Å². The maximum Gasteiger partial charge on any atom is 0.410 e. The number of hydrogen-bond acceptors (Lipinski definition) is 8. The van der Waals surface area contributed by atoms with Gasteiger partial charge in [0.1, 0.15) is 11.9 Å². The molecule has 0 atom stereocenters. The highest BCUT2D eigenvalue weighted by atomic mass is 16.6. The number of nitrogens with zero attached hydrogens (tertiary/aromatic N) is 5. The monoisotopic (exact) mass is 324 g/mol. The lowest BCUT2D eigenvalue weighted by molar-refractivity contribution is -0.383. The second kappa shape index (κ2) is 6.23. The van der Waals surface area contributed by atoms with E-state index in [0.29, 0.717) is 26.2 Å². The molecule has 0 saturated carbocycles. The van der Waals surface area contributed by atoms with E-state index in [1.165, 1.54) is 6.33 Å². The third-order valence-corrected chi connectivity index (χ3v) is 3.24. The lowest BCUT2D eigenvalue weighted by Gasteiger charge is -2.35. The molecule has 1 aliphatic rings. The predicted molar refractivity (Wildman–Crippen MR) is 83.1 cm³/mol. The third kappa shape index (κ3) is 3.96. The zero-order chi connectivity index (χ0) is 17.2. The molecule has 1 fully saturated rings. The summed E-state index contributed by atoms with van der Waals surface area (Å²) in [4.78, 5) is 33.5. The average molecular weight is 324 g/mol. The summed E-state index contributed by atoms with van der Waals surface area (Å²) in [6, 6.07) is 0. The normalized spacial score (nSPS) is 15.4. The number of ether oxygens (including phenoxy) is 1. The number of aromatic nitrogens is 2. The van der Waals surface area contributed by atoms with Gasteiger partial charge in [-0.3, -0.25) is 10.1 Å². The number of anilines is 2. The van der Waals surface area contributed by atoms with Crippen LogP contribution in [0.1, 0.15) is 20.8 Å². The fourth-order valence-electron chi connectivity index (χ4n) is 2.22. The number of nitrogen functional groups attached to an aromatic ring is 1. The van der Waals surface area contributed by atoms with E-state index in [1.807, 2.05) is 0 Å². The minimum atomic E-state index is -0.592. The molecule has 1 saturated heterocycles. The van der Waals surface area contributed by atoms with Crippen LogP contribution in [0.25, 0.3) is 0 Å². The molecular formula is C13H20N6O4. The lowest BCUT2D eigenvalue weighted by atomic mass is 10.2. The van der Waals surface area contributed by atoms with Crippen molar-refractivity contribution in [1.29, 1.82) is 0 Å². The Balaban J connectivity index is 2.07. The van der Waals surface area contributed by atoms with Crippen LogP contribution in [-0.2, 0) is 4.74 Å². The van der Waals surface area contributed by atoms with Crippen LogP contribution in [0.5, 0.6) is 0 Å². The number of rotatable bonds is 2. The molecule has 0 aromatic carbocycles. The van der Waals surface area contributed by atoms with Crippen LogP contribution >= 0.6 is 0 Å². The van der Waals surface area contributed by atoms with Crippen molar-refractivity contribution in [1.82, 2.24) is 14.9 Å². The Labute approximate surface area is 133 Å². The fraction of sp³-hybridized carbons (Fsp3) is 0.615. The Kier molecular flexibility index (Phi) is 4.52. The average Bonchev–Trinajstić information content (AvgIpc) is 2.45. The number of hydrogen-bond donors (Lipinski definition) is 1. The van der Waals surface area contributed by atoms with E-state index in [0.717, 1.165) is 0 Å². The maximum atomic E-state index is 12.0. The van der Waals surface area contributed by atoms with Gasteiger partial charge in [0.05, 0.1) is 4.92 Å². The molecule has 10 nitrogen and oxygen atoms in total. The number of nitrogens with two attached hydrogens (primary N) is 1. The summed E-state index contributed by atoms with van der Waals surface area (Å²) in [6.45, 7) is 6.97. The first kappa shape index (κ1) is 16.7. The number of carbonyl (C=O) groups excluding carboxylic acids is 1. The molecule has 2 rings (SSSR count). The van der Waals surface area contributed by atoms with Crippen molar-refractivity contribution in [2.75, 3.05) is 36.8 Å². The molecule has 2 N–H and O–H groups in total. The largest absolute Gasteiger partial charge is 0.444 e. The number of carbonyl (C=O) groups is 1. The molecule has 1 aromatic heterocycles. The van der Waals surface area contributed by atoms with E-state index in [1.54, 1.807) is 30.6 Å². The summed E-state index contributed by atoms with van der Waals surface area (Å²) in [5.41, 5.74) is 4.70. The second-order valence-electron chi connectivity index (χ2n) is 6.14. The second-order valence-corrected chi connectivity index (χ2v) is 6.14. The van der Waals surface area contributed by atoms with Gasteiger partial charge >= 0.3 is 11.8 Å². The van der Waals surface area contributed by atoms with Gasteiger partial charge in [-0.15, -0.1) is 0 Å². The van der Waals surface area contributed by atoms with Crippen LogP contribution in [-0.4, -0.2) is 57.7 Å². The lowest BCUT2D eigenvalue weighted by Crippen LogP contribution is -2.50. The molecule has 0 aliphatic carbocycles. The molecule has 0 radical (unpaired) electrons. The summed E-state index contributed by atoms with van der Waals surface area (Å²) in [6.07, 6.45) is 0.798. The van der Waals surface area contributed by atoms with Crippen molar-refractivity contribution >= 4 is 23.4 Å². The number of nitro groups is 1.